The van der Waals surface area contributed by atoms with E-state index in [0.717, 1.165) is 5.57 Å². The highest BCUT2D eigenvalue weighted by Gasteiger charge is 2.57. The molecule has 0 spiro atoms. The van der Waals surface area contributed by atoms with Gasteiger partial charge in [-0.1, -0.05) is 44.6 Å². The highest BCUT2D eigenvalue weighted by Crippen LogP contribution is 2.39. The molecular formula is C51H81NO18. The first-order valence-electron chi connectivity index (χ1n) is 24.8. The number of hydrogen-bond donors (Lipinski definition) is 8. The van der Waals surface area contributed by atoms with Gasteiger partial charge in [0, 0.05) is 64.9 Å². The van der Waals surface area contributed by atoms with Gasteiger partial charge < -0.3 is 69.4 Å². The van der Waals surface area contributed by atoms with Crippen LogP contribution < -0.4 is 0 Å². The fourth-order valence-corrected chi connectivity index (χ4v) is 10.9. The Hall–Kier alpha value is -3.47. The number of carbonyl (C=O) groups excluding carboxylic acids is 4. The number of Topliss-reactive ketones (excluding diaryl/α,β-unsaturated/α-hetero) is 2. The van der Waals surface area contributed by atoms with E-state index in [2.05, 4.69) is 6.58 Å². The molecule has 2 saturated carbocycles. The van der Waals surface area contributed by atoms with E-state index in [1.165, 1.54) is 19.1 Å². The Kier molecular flexibility index (Phi) is 21.9. The Bertz CT molecular complexity index is 1860. The predicted molar refractivity (Wildman–Crippen MR) is 252 cm³/mol. The molecule has 398 valence electrons. The van der Waals surface area contributed by atoms with E-state index in [1.54, 1.807) is 27.0 Å². The Morgan fingerprint density at radius 1 is 0.843 bits per heavy atom. The second kappa shape index (κ2) is 26.0. The van der Waals surface area contributed by atoms with Crippen molar-refractivity contribution in [3.8, 4) is 0 Å². The summed E-state index contributed by atoms with van der Waals surface area (Å²) < 4.78 is 29.7. The molecule has 70 heavy (non-hydrogen) atoms. The van der Waals surface area contributed by atoms with Crippen molar-refractivity contribution < 1.29 is 88.5 Å². The molecule has 19 heteroatoms. The molecule has 1 amide bonds. The van der Waals surface area contributed by atoms with Crippen LogP contribution >= 0.6 is 0 Å². The molecule has 16 atom stereocenters. The number of aliphatic carboxylic acids is 1. The summed E-state index contributed by atoms with van der Waals surface area (Å²) in [6.07, 6.45) is -0.226. The van der Waals surface area contributed by atoms with Gasteiger partial charge in [0.15, 0.2) is 5.60 Å². The van der Waals surface area contributed by atoms with Gasteiger partial charge in [-0.2, -0.15) is 0 Å². The lowest BCUT2D eigenvalue weighted by molar-refractivity contribution is -0.302. The van der Waals surface area contributed by atoms with Gasteiger partial charge >= 0.3 is 11.9 Å². The number of carboxylic acid groups (broad SMARTS) is 1. The van der Waals surface area contributed by atoms with E-state index >= 15 is 0 Å². The van der Waals surface area contributed by atoms with E-state index in [9.17, 15) is 44.4 Å². The third-order valence-corrected chi connectivity index (χ3v) is 15.2. The molecule has 5 aliphatic rings. The van der Waals surface area contributed by atoms with Crippen molar-refractivity contribution in [3.63, 3.8) is 0 Å². The lowest BCUT2D eigenvalue weighted by Gasteiger charge is -2.47. The molecule has 4 fully saturated rings. The molecule has 19 nitrogen and oxygen atoms in total. The Morgan fingerprint density at radius 2 is 1.46 bits per heavy atom. The van der Waals surface area contributed by atoms with E-state index in [0.29, 0.717) is 56.9 Å². The summed E-state index contributed by atoms with van der Waals surface area (Å²) in [5, 5.41) is 79.3. The summed E-state index contributed by atoms with van der Waals surface area (Å²) in [5.74, 6) is -9.26. The standard InChI is InChI=1S/C44H69NO12.C7H12O6/c1-10-13-31-19-25(2)18-26(3)20-37(54-8)40-38(55-9)22-28(5)44(52,57-40)41(49)42(50)45-17-12-11-14-32(45)43(51)56-39(29(6)34(47)24-35(31)48)27(4)21-30-15-16-33(46)36(23-30)53-7;8-3-1-7(13,6(11)12)2-4(9)5(3)10/h10,19,21,26,28-34,36-40,46-47,52H,1,11-18,20,22-24H2,2-9H3;3-5,8-10,13H,1-2H2,(H,11,12)/b25-19+,27-21+;/t26-,28+,29+,30-,31+,32-,33+,34+,36+,37-,38-,39+,40+,44+;3-,4-,5?,7?/m01/s1. The summed E-state index contributed by atoms with van der Waals surface area (Å²) in [6, 6.07) is -1.14. The van der Waals surface area contributed by atoms with E-state index in [-0.39, 0.29) is 49.5 Å². The fourth-order valence-electron chi connectivity index (χ4n) is 10.9. The van der Waals surface area contributed by atoms with Gasteiger partial charge in [-0.3, -0.25) is 14.4 Å². The number of carbonyl (C=O) groups is 5. The monoisotopic (exact) mass is 996 g/mol. The first-order valence-corrected chi connectivity index (χ1v) is 24.8. The number of nitrogens with zero attached hydrogens (tertiary/aromatic N) is 1. The van der Waals surface area contributed by atoms with Crippen LogP contribution in [0.4, 0.5) is 0 Å². The minimum atomic E-state index is -2.51. The Balaban J connectivity index is 0.000000707. The second-order valence-electron chi connectivity index (χ2n) is 20.6. The predicted octanol–water partition coefficient (Wildman–Crippen LogP) is 2.32. The minimum Gasteiger partial charge on any atom is -0.479 e. The first kappa shape index (κ1) is 59.1. The quantitative estimate of drug-likeness (QED) is 0.0983. The van der Waals surface area contributed by atoms with Crippen LogP contribution in [0.2, 0.25) is 0 Å². The van der Waals surface area contributed by atoms with E-state index in [4.69, 9.17) is 44.1 Å². The number of allylic oxidation sites excluding steroid dienone is 4. The van der Waals surface area contributed by atoms with Crippen molar-refractivity contribution in [2.75, 3.05) is 27.9 Å². The smallest absolute Gasteiger partial charge is 0.335 e. The molecule has 0 aromatic rings. The molecule has 8 N–H and O–H groups in total. The number of amides is 1. The number of methoxy groups -OCH3 is 3. The van der Waals surface area contributed by atoms with Gasteiger partial charge in [-0.25, -0.2) is 9.59 Å². The van der Waals surface area contributed by atoms with Crippen molar-refractivity contribution in [2.45, 2.75) is 197 Å². The van der Waals surface area contributed by atoms with Crippen molar-refractivity contribution in [3.05, 3.63) is 36.0 Å². The number of esters is 1. The van der Waals surface area contributed by atoms with Crippen molar-refractivity contribution in [2.24, 2.45) is 29.6 Å². The normalized spacial score (nSPS) is 41.9. The lowest BCUT2D eigenvalue weighted by Crippen LogP contribution is -2.64. The number of hydrogen-bond acceptors (Lipinski definition) is 17. The van der Waals surface area contributed by atoms with E-state index < -0.39 is 127 Å². The average molecular weight is 996 g/mol. The van der Waals surface area contributed by atoms with Gasteiger partial charge in [-0.05, 0) is 95.5 Å². The lowest BCUT2D eigenvalue weighted by atomic mass is 9.80. The molecule has 2 bridgehead atoms. The number of cyclic esters (lactones) is 1. The summed E-state index contributed by atoms with van der Waals surface area (Å²) >= 11 is 0. The van der Waals surface area contributed by atoms with Crippen LogP contribution in [0.1, 0.15) is 118 Å². The van der Waals surface area contributed by atoms with E-state index in [1.807, 2.05) is 32.9 Å². The number of aliphatic hydroxyl groups is 7. The Labute approximate surface area is 411 Å². The van der Waals surface area contributed by atoms with Crippen LogP contribution in [0.5, 0.6) is 0 Å². The first-order chi connectivity index (χ1) is 32.8. The van der Waals surface area contributed by atoms with Crippen LogP contribution in [-0.2, 0) is 47.7 Å². The molecule has 2 saturated heterocycles. The van der Waals surface area contributed by atoms with Gasteiger partial charge in [0.1, 0.15) is 30.1 Å². The average Bonchev–Trinajstić information content (AvgIpc) is 3.31. The molecule has 5 rings (SSSR count). The molecule has 3 heterocycles. The maximum Gasteiger partial charge on any atom is 0.335 e. The summed E-state index contributed by atoms with van der Waals surface area (Å²) in [6.45, 7) is 13.1. The van der Waals surface area contributed by atoms with Gasteiger partial charge in [0.2, 0.25) is 5.79 Å². The molecule has 3 aliphatic heterocycles. The van der Waals surface area contributed by atoms with Gasteiger partial charge in [0.05, 0.1) is 42.7 Å². The molecule has 2 aliphatic carbocycles. The fraction of sp³-hybridized carbons (Fsp3) is 0.784. The third kappa shape index (κ3) is 14.4. The number of ketones is 2. The number of fused-ring (bicyclic) bond motifs is 3. The van der Waals surface area contributed by atoms with Crippen LogP contribution in [0.25, 0.3) is 0 Å². The van der Waals surface area contributed by atoms with Crippen molar-refractivity contribution in [1.29, 1.82) is 0 Å². The zero-order valence-electron chi connectivity index (χ0n) is 42.2. The minimum absolute atomic E-state index is 0.00988. The summed E-state index contributed by atoms with van der Waals surface area (Å²) in [4.78, 5) is 68.3. The number of rotatable bonds is 8. The number of piperidine rings is 1. The molecule has 0 radical (unpaired) electrons. The number of ether oxygens (including phenoxy) is 5. The second-order valence-corrected chi connectivity index (χ2v) is 20.6. The zero-order chi connectivity index (χ0) is 52.4. The summed E-state index contributed by atoms with van der Waals surface area (Å²) in [5.41, 5.74) is -0.531. The van der Waals surface area contributed by atoms with Crippen LogP contribution in [0.15, 0.2) is 36.0 Å². The van der Waals surface area contributed by atoms with Gasteiger partial charge in [-0.15, -0.1) is 6.58 Å². The number of carboxylic acids is 1. The van der Waals surface area contributed by atoms with Crippen LogP contribution in [0, 0.1) is 29.6 Å². The molecular weight excluding hydrogens is 915 g/mol. The third-order valence-electron chi connectivity index (χ3n) is 15.2. The highest BCUT2D eigenvalue weighted by atomic mass is 16.7. The maximum atomic E-state index is 14.3. The highest BCUT2D eigenvalue weighted by molar-refractivity contribution is 6.39. The maximum absolute atomic E-state index is 14.3. The van der Waals surface area contributed by atoms with Crippen LogP contribution in [0.3, 0.4) is 0 Å². The van der Waals surface area contributed by atoms with Crippen LogP contribution in [-0.4, -0.2) is 182 Å². The largest absolute Gasteiger partial charge is 0.479 e. The number of aliphatic hydroxyl groups excluding tert-OH is 5. The van der Waals surface area contributed by atoms with Gasteiger partial charge in [0.25, 0.3) is 11.7 Å². The molecule has 0 unspecified atom stereocenters. The topological polar surface area (TPSA) is 297 Å². The molecule has 0 aromatic carbocycles. The van der Waals surface area contributed by atoms with Crippen molar-refractivity contribution >= 4 is 29.4 Å². The SMILES string of the molecule is C=CC[C@@H]1/C=C(\C)C[C@H](C)C[C@H](OC)[C@H]2O[C@@](O)(C(=O)C(=O)N3CCCC[C@H]3C(=O)O[C@H](/C(C)=C/[C@@H]3CC[C@@H](O)[C@H](OC)C3)[C@H](C)[C@H](O)CC1=O)[C@H](C)C[C@@H]2OC.O=C(O)C1(O)C[C@@H](O)C(O)[C@H](O)C1. The molecule has 0 aromatic heterocycles. The Morgan fingerprint density at radius 3 is 2.04 bits per heavy atom. The summed E-state index contributed by atoms with van der Waals surface area (Å²) in [7, 11) is 4.61. The zero-order valence-corrected chi connectivity index (χ0v) is 42.2. The van der Waals surface area contributed by atoms with Crippen molar-refractivity contribution in [1.82, 2.24) is 4.90 Å².